The molecule has 1 atom stereocenters. The van der Waals surface area contributed by atoms with Crippen molar-refractivity contribution in [3.63, 3.8) is 0 Å². The minimum absolute atomic E-state index is 0.101. The van der Waals surface area contributed by atoms with E-state index in [9.17, 15) is 14.4 Å². The number of hydrogen-bond donors (Lipinski definition) is 1. The number of benzene rings is 1. The van der Waals surface area contributed by atoms with E-state index in [1.807, 2.05) is 44.2 Å². The molecule has 0 radical (unpaired) electrons. The van der Waals surface area contributed by atoms with Crippen LogP contribution < -0.4 is 5.32 Å². The summed E-state index contributed by atoms with van der Waals surface area (Å²) >= 11 is 0. The number of likely N-dealkylation sites (N-methyl/N-ethyl adjacent to an activating group) is 1. The monoisotopic (exact) mass is 358 g/mol. The maximum Gasteiger partial charge on any atom is 0.309 e. The lowest BCUT2D eigenvalue weighted by atomic mass is 9.95. The summed E-state index contributed by atoms with van der Waals surface area (Å²) in [6.45, 7) is 3.39. The lowest BCUT2D eigenvalue weighted by Crippen LogP contribution is -2.38. The number of anilines is 1. The third-order valence-corrected chi connectivity index (χ3v) is 4.49. The number of carbonyl (C=O) groups excluding carboxylic acids is 3. The molecule has 0 aromatic heterocycles. The molecule has 1 aliphatic rings. The Hall–Kier alpha value is -2.63. The predicted molar refractivity (Wildman–Crippen MR) is 99.6 cm³/mol. The van der Waals surface area contributed by atoms with Gasteiger partial charge in [0.2, 0.25) is 5.91 Å². The van der Waals surface area contributed by atoms with Crippen molar-refractivity contribution in [2.75, 3.05) is 25.5 Å². The second kappa shape index (κ2) is 9.17. The number of nitrogens with one attached hydrogen (secondary N) is 1. The van der Waals surface area contributed by atoms with Crippen molar-refractivity contribution in [1.82, 2.24) is 4.90 Å². The van der Waals surface area contributed by atoms with Crippen LogP contribution in [0.15, 0.2) is 30.4 Å². The van der Waals surface area contributed by atoms with Crippen LogP contribution in [0.4, 0.5) is 5.69 Å². The third-order valence-electron chi connectivity index (χ3n) is 4.49. The zero-order valence-electron chi connectivity index (χ0n) is 15.6. The van der Waals surface area contributed by atoms with E-state index in [-0.39, 0.29) is 30.9 Å². The highest BCUT2D eigenvalue weighted by atomic mass is 16.5. The normalized spacial score (nSPS) is 16.0. The first kappa shape index (κ1) is 19.7. The minimum Gasteiger partial charge on any atom is -0.455 e. The Bertz CT molecular complexity index is 692. The number of aryl methyl sites for hydroxylation is 2. The molecule has 2 rings (SSSR count). The topological polar surface area (TPSA) is 75.7 Å². The Morgan fingerprint density at radius 2 is 1.88 bits per heavy atom. The maximum atomic E-state index is 12.2. The summed E-state index contributed by atoms with van der Waals surface area (Å²) in [5.74, 6) is -1.22. The van der Waals surface area contributed by atoms with E-state index in [4.69, 9.17) is 4.74 Å². The van der Waals surface area contributed by atoms with Gasteiger partial charge < -0.3 is 15.0 Å². The first-order valence-electron chi connectivity index (χ1n) is 8.80. The van der Waals surface area contributed by atoms with Crippen LogP contribution in [0, 0.1) is 19.8 Å². The largest absolute Gasteiger partial charge is 0.455 e. The van der Waals surface area contributed by atoms with Crippen molar-refractivity contribution < 1.29 is 19.1 Å². The van der Waals surface area contributed by atoms with Crippen molar-refractivity contribution in [2.45, 2.75) is 33.1 Å². The summed E-state index contributed by atoms with van der Waals surface area (Å²) in [6, 6.07) is 5.75. The molecule has 0 spiro atoms. The molecule has 0 saturated heterocycles. The number of ether oxygens (including phenoxy) is 1. The highest BCUT2D eigenvalue weighted by Crippen LogP contribution is 2.20. The highest BCUT2D eigenvalue weighted by Gasteiger charge is 2.22. The second-order valence-corrected chi connectivity index (χ2v) is 6.65. The van der Waals surface area contributed by atoms with Crippen LogP contribution in [0.3, 0.4) is 0 Å². The summed E-state index contributed by atoms with van der Waals surface area (Å²) in [5.41, 5.74) is 2.68. The first-order valence-corrected chi connectivity index (χ1v) is 8.80. The molecule has 2 amide bonds. The molecule has 0 saturated carbocycles. The molecule has 0 bridgehead atoms. The van der Waals surface area contributed by atoms with Gasteiger partial charge in [0, 0.05) is 12.7 Å². The van der Waals surface area contributed by atoms with Gasteiger partial charge in [-0.2, -0.15) is 0 Å². The molecule has 0 aliphatic heterocycles. The summed E-state index contributed by atoms with van der Waals surface area (Å²) in [6.07, 6.45) is 6.25. The lowest BCUT2D eigenvalue weighted by Gasteiger charge is -2.20. The molecule has 26 heavy (non-hydrogen) atoms. The zero-order chi connectivity index (χ0) is 19.1. The summed E-state index contributed by atoms with van der Waals surface area (Å²) < 4.78 is 5.11. The van der Waals surface area contributed by atoms with Gasteiger partial charge in [-0.15, -0.1) is 0 Å². The van der Waals surface area contributed by atoms with E-state index >= 15 is 0 Å². The van der Waals surface area contributed by atoms with Gasteiger partial charge in [0.05, 0.1) is 12.5 Å². The summed E-state index contributed by atoms with van der Waals surface area (Å²) in [5, 5.41) is 2.83. The van der Waals surface area contributed by atoms with Crippen LogP contribution in [0.25, 0.3) is 0 Å². The molecule has 0 unspecified atom stereocenters. The van der Waals surface area contributed by atoms with Gasteiger partial charge in [-0.25, -0.2) is 0 Å². The van der Waals surface area contributed by atoms with E-state index in [2.05, 4.69) is 5.32 Å². The average Bonchev–Trinajstić information content (AvgIpc) is 2.63. The molecule has 0 fully saturated rings. The number of rotatable bonds is 6. The van der Waals surface area contributed by atoms with Crippen molar-refractivity contribution in [2.24, 2.45) is 5.92 Å². The van der Waals surface area contributed by atoms with Crippen LogP contribution in [-0.2, 0) is 19.1 Å². The number of amides is 2. The molecule has 0 heterocycles. The van der Waals surface area contributed by atoms with Gasteiger partial charge in [0.1, 0.15) is 0 Å². The molecule has 6 heteroatoms. The Balaban J connectivity index is 1.80. The van der Waals surface area contributed by atoms with Crippen LogP contribution >= 0.6 is 0 Å². The average molecular weight is 358 g/mol. The van der Waals surface area contributed by atoms with Crippen molar-refractivity contribution >= 4 is 23.5 Å². The van der Waals surface area contributed by atoms with Gasteiger partial charge >= 0.3 is 5.97 Å². The molecule has 140 valence electrons. The SMILES string of the molecule is Cc1cccc(C)c1NC(=O)CN(C)C(=O)COC(=O)[C@@H]1CC=CCC1. The quantitative estimate of drug-likeness (QED) is 0.626. The van der Waals surface area contributed by atoms with E-state index in [1.54, 1.807) is 0 Å². The van der Waals surface area contributed by atoms with Crippen LogP contribution in [0.1, 0.15) is 30.4 Å². The molecular formula is C20H26N2O4. The van der Waals surface area contributed by atoms with Crippen molar-refractivity contribution in [3.05, 3.63) is 41.5 Å². The van der Waals surface area contributed by atoms with Crippen molar-refractivity contribution in [1.29, 1.82) is 0 Å². The number of para-hydroxylation sites is 1. The minimum atomic E-state index is -0.402. The standard InChI is InChI=1S/C20H26N2O4/c1-14-8-7-9-15(2)19(14)21-17(23)12-22(3)18(24)13-26-20(25)16-10-5-4-6-11-16/h4-5,7-9,16H,6,10-13H2,1-3H3,(H,21,23)/t16-/m1/s1. The molecule has 1 N–H and O–H groups in total. The lowest BCUT2D eigenvalue weighted by molar-refractivity contribution is -0.155. The predicted octanol–water partition coefficient (Wildman–Crippen LogP) is 2.60. The van der Waals surface area contributed by atoms with E-state index in [0.717, 1.165) is 29.7 Å². The zero-order valence-corrected chi connectivity index (χ0v) is 15.6. The third kappa shape index (κ3) is 5.44. The van der Waals surface area contributed by atoms with Gasteiger partial charge in [0.25, 0.3) is 5.91 Å². The summed E-state index contributed by atoms with van der Waals surface area (Å²) in [7, 11) is 1.52. The highest BCUT2D eigenvalue weighted by molar-refractivity contribution is 5.96. The number of nitrogens with zero attached hydrogens (tertiary/aromatic N) is 1. The van der Waals surface area contributed by atoms with Gasteiger partial charge in [-0.1, -0.05) is 30.4 Å². The molecule has 1 aromatic rings. The van der Waals surface area contributed by atoms with Gasteiger partial charge in [-0.3, -0.25) is 14.4 Å². The Labute approximate surface area is 154 Å². The Kier molecular flexibility index (Phi) is 6.95. The van der Waals surface area contributed by atoms with E-state index < -0.39 is 5.91 Å². The fourth-order valence-electron chi connectivity index (χ4n) is 2.86. The van der Waals surface area contributed by atoms with E-state index in [1.165, 1.54) is 11.9 Å². The molecule has 1 aliphatic carbocycles. The number of allylic oxidation sites excluding steroid dienone is 2. The molecule has 6 nitrogen and oxygen atoms in total. The van der Waals surface area contributed by atoms with Gasteiger partial charge in [-0.05, 0) is 44.2 Å². The van der Waals surface area contributed by atoms with E-state index in [0.29, 0.717) is 6.42 Å². The van der Waals surface area contributed by atoms with Crippen LogP contribution in [0.5, 0.6) is 0 Å². The number of carbonyl (C=O) groups is 3. The first-order chi connectivity index (χ1) is 12.4. The molecular weight excluding hydrogens is 332 g/mol. The van der Waals surface area contributed by atoms with Crippen LogP contribution in [0.2, 0.25) is 0 Å². The maximum absolute atomic E-state index is 12.2. The molecule has 1 aromatic carbocycles. The fourth-order valence-corrected chi connectivity index (χ4v) is 2.86. The van der Waals surface area contributed by atoms with Crippen LogP contribution in [-0.4, -0.2) is 42.9 Å². The Morgan fingerprint density at radius 1 is 1.19 bits per heavy atom. The number of esters is 1. The smallest absolute Gasteiger partial charge is 0.309 e. The van der Waals surface area contributed by atoms with Gasteiger partial charge in [0.15, 0.2) is 6.61 Å². The fraction of sp³-hybridized carbons (Fsp3) is 0.450. The summed E-state index contributed by atoms with van der Waals surface area (Å²) in [4.78, 5) is 37.5. The number of hydrogen-bond acceptors (Lipinski definition) is 4. The van der Waals surface area contributed by atoms with Crippen molar-refractivity contribution in [3.8, 4) is 0 Å². The Morgan fingerprint density at radius 3 is 2.50 bits per heavy atom. The second-order valence-electron chi connectivity index (χ2n) is 6.65.